The topological polar surface area (TPSA) is 29.5 Å². The van der Waals surface area contributed by atoms with Gasteiger partial charge in [-0.1, -0.05) is 0 Å². The maximum absolute atomic E-state index is 12.2. The Balaban J connectivity index is 2.07. The fourth-order valence-electron chi connectivity index (χ4n) is 2.29. The molecule has 1 atom stereocenters. The van der Waals surface area contributed by atoms with Gasteiger partial charge in [-0.25, -0.2) is 0 Å². The number of likely N-dealkylation sites (tertiary alicyclic amines) is 1. The molecule has 1 aromatic rings. The van der Waals surface area contributed by atoms with Gasteiger partial charge in [0.1, 0.15) is 5.75 Å². The first-order valence-electron chi connectivity index (χ1n) is 6.14. The minimum atomic E-state index is -0.00843. The van der Waals surface area contributed by atoms with Gasteiger partial charge in [-0.3, -0.25) is 9.69 Å². The summed E-state index contributed by atoms with van der Waals surface area (Å²) in [5, 5.41) is 0. The van der Waals surface area contributed by atoms with Crippen LogP contribution in [0.15, 0.2) is 24.3 Å². The maximum atomic E-state index is 12.2. The van der Waals surface area contributed by atoms with Crippen molar-refractivity contribution in [2.45, 2.75) is 25.8 Å². The Morgan fingerprint density at radius 3 is 2.35 bits per heavy atom. The molecule has 0 unspecified atom stereocenters. The summed E-state index contributed by atoms with van der Waals surface area (Å²) in [4.78, 5) is 14.5. The fourth-order valence-corrected chi connectivity index (χ4v) is 2.29. The van der Waals surface area contributed by atoms with E-state index < -0.39 is 0 Å². The minimum Gasteiger partial charge on any atom is -0.497 e. The molecule has 0 bridgehead atoms. The maximum Gasteiger partial charge on any atom is 0.179 e. The van der Waals surface area contributed by atoms with Crippen molar-refractivity contribution in [2.24, 2.45) is 0 Å². The number of ether oxygens (including phenoxy) is 1. The Labute approximate surface area is 102 Å². The summed E-state index contributed by atoms with van der Waals surface area (Å²) in [7, 11) is 1.63. The van der Waals surface area contributed by atoms with Gasteiger partial charge in [0.2, 0.25) is 0 Å². The highest BCUT2D eigenvalue weighted by atomic mass is 16.5. The molecule has 1 fully saturated rings. The summed E-state index contributed by atoms with van der Waals surface area (Å²) in [6.45, 7) is 4.09. The van der Waals surface area contributed by atoms with E-state index in [9.17, 15) is 4.79 Å². The van der Waals surface area contributed by atoms with Crippen LogP contribution in [0.4, 0.5) is 0 Å². The molecular formula is C14H19NO2. The Kier molecular flexibility index (Phi) is 3.79. The largest absolute Gasteiger partial charge is 0.497 e. The van der Waals surface area contributed by atoms with Gasteiger partial charge in [0.15, 0.2) is 5.78 Å². The predicted octanol–water partition coefficient (Wildman–Crippen LogP) is 2.36. The highest BCUT2D eigenvalue weighted by Crippen LogP contribution is 2.17. The highest BCUT2D eigenvalue weighted by molar-refractivity contribution is 5.99. The van der Waals surface area contributed by atoms with Crippen LogP contribution >= 0.6 is 0 Å². The normalized spacial score (nSPS) is 18.0. The van der Waals surface area contributed by atoms with Gasteiger partial charge in [0, 0.05) is 5.56 Å². The van der Waals surface area contributed by atoms with Gasteiger partial charge in [0.25, 0.3) is 0 Å². The van der Waals surface area contributed by atoms with Crippen molar-refractivity contribution in [1.29, 1.82) is 0 Å². The number of methoxy groups -OCH3 is 1. The first-order valence-corrected chi connectivity index (χ1v) is 6.14. The Bertz CT molecular complexity index is 380. The average molecular weight is 233 g/mol. The molecule has 0 radical (unpaired) electrons. The van der Waals surface area contributed by atoms with Crippen LogP contribution in [0.25, 0.3) is 0 Å². The average Bonchev–Trinajstić information content (AvgIpc) is 2.91. The number of hydrogen-bond acceptors (Lipinski definition) is 3. The second kappa shape index (κ2) is 5.32. The molecule has 3 nitrogen and oxygen atoms in total. The number of ketones is 1. The number of nitrogens with zero attached hydrogens (tertiary/aromatic N) is 1. The SMILES string of the molecule is COc1ccc(C(=O)[C@H](C)N2CCCC2)cc1. The van der Waals surface area contributed by atoms with Gasteiger partial charge in [0.05, 0.1) is 13.2 Å². The van der Waals surface area contributed by atoms with E-state index >= 15 is 0 Å². The smallest absolute Gasteiger partial charge is 0.179 e. The Hall–Kier alpha value is -1.35. The van der Waals surface area contributed by atoms with E-state index in [2.05, 4.69) is 4.90 Å². The van der Waals surface area contributed by atoms with E-state index in [4.69, 9.17) is 4.74 Å². The lowest BCUT2D eigenvalue weighted by molar-refractivity contribution is 0.0867. The van der Waals surface area contributed by atoms with Crippen molar-refractivity contribution in [3.8, 4) is 5.75 Å². The van der Waals surface area contributed by atoms with E-state index in [0.29, 0.717) is 0 Å². The number of carbonyl (C=O) groups is 1. The van der Waals surface area contributed by atoms with Gasteiger partial charge in [-0.15, -0.1) is 0 Å². The number of Topliss-reactive ketones (excluding diaryl/α,β-unsaturated/α-hetero) is 1. The molecule has 1 saturated heterocycles. The van der Waals surface area contributed by atoms with Gasteiger partial charge in [-0.05, 0) is 57.1 Å². The molecule has 0 aliphatic carbocycles. The lowest BCUT2D eigenvalue weighted by Crippen LogP contribution is -2.36. The minimum absolute atomic E-state index is 0.00843. The van der Waals surface area contributed by atoms with Crippen LogP contribution in [0.5, 0.6) is 5.75 Å². The van der Waals surface area contributed by atoms with Gasteiger partial charge < -0.3 is 4.74 Å². The third kappa shape index (κ3) is 2.67. The zero-order valence-electron chi connectivity index (χ0n) is 10.5. The molecule has 0 aromatic heterocycles. The molecule has 1 aromatic carbocycles. The van der Waals surface area contributed by atoms with E-state index in [1.165, 1.54) is 12.8 Å². The number of rotatable bonds is 4. The Morgan fingerprint density at radius 1 is 1.24 bits per heavy atom. The summed E-state index contributed by atoms with van der Waals surface area (Å²) < 4.78 is 5.09. The summed E-state index contributed by atoms with van der Waals surface area (Å²) in [6.07, 6.45) is 2.42. The molecule has 92 valence electrons. The zero-order chi connectivity index (χ0) is 12.3. The van der Waals surface area contributed by atoms with E-state index in [-0.39, 0.29) is 11.8 Å². The van der Waals surface area contributed by atoms with Crippen molar-refractivity contribution >= 4 is 5.78 Å². The van der Waals surface area contributed by atoms with Crippen LogP contribution < -0.4 is 4.74 Å². The number of benzene rings is 1. The Morgan fingerprint density at radius 2 is 1.82 bits per heavy atom. The molecule has 0 spiro atoms. The molecule has 3 heteroatoms. The van der Waals surface area contributed by atoms with Crippen LogP contribution in [0.1, 0.15) is 30.1 Å². The monoisotopic (exact) mass is 233 g/mol. The van der Waals surface area contributed by atoms with Crippen molar-refractivity contribution < 1.29 is 9.53 Å². The molecule has 0 amide bonds. The molecule has 0 N–H and O–H groups in total. The molecule has 1 aliphatic heterocycles. The number of carbonyl (C=O) groups excluding carboxylic acids is 1. The third-order valence-corrected chi connectivity index (χ3v) is 3.44. The van der Waals surface area contributed by atoms with Crippen LogP contribution in [0, 0.1) is 0 Å². The van der Waals surface area contributed by atoms with Crippen LogP contribution in [-0.4, -0.2) is 36.9 Å². The first-order chi connectivity index (χ1) is 8.22. The lowest BCUT2D eigenvalue weighted by atomic mass is 10.0. The second-order valence-electron chi connectivity index (χ2n) is 4.51. The van der Waals surface area contributed by atoms with E-state index in [1.54, 1.807) is 7.11 Å². The van der Waals surface area contributed by atoms with Crippen LogP contribution in [0.3, 0.4) is 0 Å². The summed E-state index contributed by atoms with van der Waals surface area (Å²) in [5.41, 5.74) is 0.769. The molecule has 1 heterocycles. The summed E-state index contributed by atoms with van der Waals surface area (Å²) in [6, 6.07) is 7.35. The van der Waals surface area contributed by atoms with Crippen molar-refractivity contribution in [3.63, 3.8) is 0 Å². The standard InChI is InChI=1S/C14H19NO2/c1-11(15-9-3-4-10-15)14(16)12-5-7-13(17-2)8-6-12/h5-8,11H,3-4,9-10H2,1-2H3/t11-/m0/s1. The summed E-state index contributed by atoms with van der Waals surface area (Å²) >= 11 is 0. The van der Waals surface area contributed by atoms with Crippen molar-refractivity contribution in [1.82, 2.24) is 4.90 Å². The van der Waals surface area contributed by atoms with Crippen LogP contribution in [0.2, 0.25) is 0 Å². The van der Waals surface area contributed by atoms with Gasteiger partial charge in [-0.2, -0.15) is 0 Å². The van der Waals surface area contributed by atoms with Crippen LogP contribution in [-0.2, 0) is 0 Å². The molecule has 1 aliphatic rings. The van der Waals surface area contributed by atoms with Crippen molar-refractivity contribution in [3.05, 3.63) is 29.8 Å². The zero-order valence-corrected chi connectivity index (χ0v) is 10.5. The summed E-state index contributed by atoms with van der Waals surface area (Å²) in [5.74, 6) is 0.991. The van der Waals surface area contributed by atoms with Crippen molar-refractivity contribution in [2.75, 3.05) is 20.2 Å². The molecule has 17 heavy (non-hydrogen) atoms. The molecular weight excluding hydrogens is 214 g/mol. The lowest BCUT2D eigenvalue weighted by Gasteiger charge is -2.22. The first kappa shape index (κ1) is 12.1. The second-order valence-corrected chi connectivity index (χ2v) is 4.51. The fraction of sp³-hybridized carbons (Fsp3) is 0.500. The number of hydrogen-bond donors (Lipinski definition) is 0. The molecule has 0 saturated carbocycles. The van der Waals surface area contributed by atoms with Gasteiger partial charge >= 0.3 is 0 Å². The predicted molar refractivity (Wildman–Crippen MR) is 67.6 cm³/mol. The van der Waals surface area contributed by atoms with E-state index in [0.717, 1.165) is 24.4 Å². The molecule has 2 rings (SSSR count). The third-order valence-electron chi connectivity index (χ3n) is 3.44. The van der Waals surface area contributed by atoms with E-state index in [1.807, 2.05) is 31.2 Å². The quantitative estimate of drug-likeness (QED) is 0.748. The highest BCUT2D eigenvalue weighted by Gasteiger charge is 2.24.